The van der Waals surface area contributed by atoms with E-state index in [1.807, 2.05) is 42.5 Å². The molecule has 3 nitrogen and oxygen atoms in total. The Morgan fingerprint density at radius 1 is 0.808 bits per heavy atom. The van der Waals surface area contributed by atoms with Crippen LogP contribution in [0.1, 0.15) is 16.7 Å². The number of rotatable bonds is 5. The molecule has 0 aliphatic rings. The second-order valence-electron chi connectivity index (χ2n) is 5.99. The second-order valence-corrected chi connectivity index (χ2v) is 6.81. The molecule has 0 aromatic heterocycles. The third-order valence-corrected chi connectivity index (χ3v) is 4.38. The number of halogens is 2. The van der Waals surface area contributed by atoms with Crippen molar-refractivity contribution < 1.29 is 4.74 Å². The van der Waals surface area contributed by atoms with Crippen LogP contribution in [-0.2, 0) is 0 Å². The lowest BCUT2D eigenvalue weighted by atomic mass is 10.1. The summed E-state index contributed by atoms with van der Waals surface area (Å²) in [6, 6.07) is 19.1. The molecule has 132 valence electrons. The largest absolute Gasteiger partial charge is 0.457 e. The van der Waals surface area contributed by atoms with Crippen LogP contribution in [0.2, 0.25) is 10.0 Å². The van der Waals surface area contributed by atoms with E-state index in [2.05, 4.69) is 30.4 Å². The van der Waals surface area contributed by atoms with E-state index in [4.69, 9.17) is 27.9 Å². The maximum atomic E-state index is 5.98. The molecule has 0 spiro atoms. The normalized spacial score (nSPS) is 10.9. The molecule has 26 heavy (non-hydrogen) atoms. The SMILES string of the molecule is Cc1cc(C)cc(Oc2ccc(C=NNc3ccc(Cl)c(Cl)c3)cc2)c1. The summed E-state index contributed by atoms with van der Waals surface area (Å²) in [4.78, 5) is 0. The van der Waals surface area contributed by atoms with Gasteiger partial charge < -0.3 is 4.74 Å². The molecule has 0 unspecified atom stereocenters. The molecular weight excluding hydrogens is 367 g/mol. The Hall–Kier alpha value is -2.49. The molecule has 3 rings (SSSR count). The van der Waals surface area contributed by atoms with E-state index in [0.717, 1.165) is 22.7 Å². The van der Waals surface area contributed by atoms with E-state index in [-0.39, 0.29) is 0 Å². The predicted octanol–water partition coefficient (Wildman–Crippen LogP) is 6.85. The molecule has 0 aliphatic heterocycles. The lowest BCUT2D eigenvalue weighted by molar-refractivity contribution is 0.482. The lowest BCUT2D eigenvalue weighted by Crippen LogP contribution is -1.91. The average Bonchev–Trinajstić information content (AvgIpc) is 2.59. The Labute approximate surface area is 163 Å². The van der Waals surface area contributed by atoms with Gasteiger partial charge in [0.05, 0.1) is 21.9 Å². The summed E-state index contributed by atoms with van der Waals surface area (Å²) >= 11 is 11.9. The fourth-order valence-corrected chi connectivity index (χ4v) is 2.79. The van der Waals surface area contributed by atoms with Crippen molar-refractivity contribution in [3.8, 4) is 11.5 Å². The van der Waals surface area contributed by atoms with Crippen LogP contribution in [-0.4, -0.2) is 6.21 Å². The topological polar surface area (TPSA) is 33.6 Å². The van der Waals surface area contributed by atoms with Crippen LogP contribution in [0, 0.1) is 13.8 Å². The van der Waals surface area contributed by atoms with E-state index in [0.29, 0.717) is 10.0 Å². The van der Waals surface area contributed by atoms with Crippen LogP contribution >= 0.6 is 23.2 Å². The third kappa shape index (κ3) is 5.01. The number of hydrazone groups is 1. The van der Waals surface area contributed by atoms with Crippen LogP contribution < -0.4 is 10.2 Å². The summed E-state index contributed by atoms with van der Waals surface area (Å²) in [6.07, 6.45) is 1.73. The summed E-state index contributed by atoms with van der Waals surface area (Å²) in [7, 11) is 0. The van der Waals surface area contributed by atoms with E-state index in [1.165, 1.54) is 11.1 Å². The van der Waals surface area contributed by atoms with Crippen LogP contribution in [0.25, 0.3) is 0 Å². The first-order valence-electron chi connectivity index (χ1n) is 8.10. The Bertz CT molecular complexity index is 917. The lowest BCUT2D eigenvalue weighted by Gasteiger charge is -2.08. The number of anilines is 1. The number of aryl methyl sites for hydroxylation is 2. The molecule has 0 saturated heterocycles. The molecule has 0 radical (unpaired) electrons. The van der Waals surface area contributed by atoms with Gasteiger partial charge in [-0.25, -0.2) is 0 Å². The van der Waals surface area contributed by atoms with E-state index in [1.54, 1.807) is 18.3 Å². The third-order valence-electron chi connectivity index (χ3n) is 3.64. The first-order chi connectivity index (χ1) is 12.5. The molecule has 3 aromatic carbocycles. The Kier molecular flexibility index (Phi) is 5.82. The number of hydrogen-bond acceptors (Lipinski definition) is 3. The monoisotopic (exact) mass is 384 g/mol. The Balaban J connectivity index is 1.62. The molecule has 0 heterocycles. The Morgan fingerprint density at radius 3 is 2.15 bits per heavy atom. The maximum Gasteiger partial charge on any atom is 0.127 e. The molecule has 0 fully saturated rings. The van der Waals surface area contributed by atoms with Crippen molar-refractivity contribution in [1.82, 2.24) is 0 Å². The van der Waals surface area contributed by atoms with Gasteiger partial charge in [-0.05, 0) is 85.1 Å². The van der Waals surface area contributed by atoms with Gasteiger partial charge in [-0.3, -0.25) is 5.43 Å². The smallest absolute Gasteiger partial charge is 0.127 e. The van der Waals surface area contributed by atoms with Gasteiger partial charge in [-0.15, -0.1) is 0 Å². The van der Waals surface area contributed by atoms with Gasteiger partial charge in [0.1, 0.15) is 11.5 Å². The minimum absolute atomic E-state index is 0.486. The first-order valence-corrected chi connectivity index (χ1v) is 8.85. The second kappa shape index (κ2) is 8.26. The van der Waals surface area contributed by atoms with Gasteiger partial charge in [0, 0.05) is 0 Å². The van der Waals surface area contributed by atoms with Gasteiger partial charge in [-0.1, -0.05) is 29.3 Å². The molecule has 0 atom stereocenters. The molecule has 0 bridgehead atoms. The fourth-order valence-electron chi connectivity index (χ4n) is 2.50. The molecule has 0 amide bonds. The standard InChI is InChI=1S/C21H18Cl2N2O/c1-14-9-15(2)11-19(10-14)26-18-6-3-16(4-7-18)13-24-25-17-5-8-20(22)21(23)12-17/h3-13,25H,1-2H3. The zero-order valence-corrected chi connectivity index (χ0v) is 16.0. The van der Waals surface area contributed by atoms with Crippen molar-refractivity contribution in [3.05, 3.63) is 87.4 Å². The van der Waals surface area contributed by atoms with Crippen molar-refractivity contribution in [2.24, 2.45) is 5.10 Å². The van der Waals surface area contributed by atoms with Gasteiger partial charge in [0.15, 0.2) is 0 Å². The van der Waals surface area contributed by atoms with Crippen molar-refractivity contribution >= 4 is 35.1 Å². The van der Waals surface area contributed by atoms with Gasteiger partial charge >= 0.3 is 0 Å². The molecule has 0 aliphatic carbocycles. The minimum atomic E-state index is 0.486. The van der Waals surface area contributed by atoms with Crippen LogP contribution in [0.4, 0.5) is 5.69 Å². The summed E-state index contributed by atoms with van der Waals surface area (Å²) in [6.45, 7) is 4.11. The summed E-state index contributed by atoms with van der Waals surface area (Å²) in [5, 5.41) is 5.20. The summed E-state index contributed by atoms with van der Waals surface area (Å²) in [5.41, 5.74) is 7.00. The number of nitrogens with zero attached hydrogens (tertiary/aromatic N) is 1. The number of hydrogen-bond donors (Lipinski definition) is 1. The number of ether oxygens (including phenoxy) is 1. The van der Waals surface area contributed by atoms with Crippen LogP contribution in [0.3, 0.4) is 0 Å². The van der Waals surface area contributed by atoms with Gasteiger partial charge in [0.2, 0.25) is 0 Å². The molecule has 0 saturated carbocycles. The molecule has 5 heteroatoms. The Morgan fingerprint density at radius 2 is 1.50 bits per heavy atom. The zero-order valence-electron chi connectivity index (χ0n) is 14.5. The molecule has 1 N–H and O–H groups in total. The van der Waals surface area contributed by atoms with Crippen molar-refractivity contribution in [3.63, 3.8) is 0 Å². The highest BCUT2D eigenvalue weighted by molar-refractivity contribution is 6.42. The molecule has 3 aromatic rings. The van der Waals surface area contributed by atoms with Gasteiger partial charge in [0.25, 0.3) is 0 Å². The van der Waals surface area contributed by atoms with E-state index >= 15 is 0 Å². The van der Waals surface area contributed by atoms with Crippen molar-refractivity contribution in [2.75, 3.05) is 5.43 Å². The van der Waals surface area contributed by atoms with Crippen molar-refractivity contribution in [2.45, 2.75) is 13.8 Å². The highest BCUT2D eigenvalue weighted by atomic mass is 35.5. The fraction of sp³-hybridized carbons (Fsp3) is 0.0952. The van der Waals surface area contributed by atoms with E-state index in [9.17, 15) is 0 Å². The average molecular weight is 385 g/mol. The highest BCUT2D eigenvalue weighted by Crippen LogP contribution is 2.25. The quantitative estimate of drug-likeness (QED) is 0.385. The summed E-state index contributed by atoms with van der Waals surface area (Å²) < 4.78 is 5.91. The van der Waals surface area contributed by atoms with Crippen LogP contribution in [0.15, 0.2) is 65.8 Å². The predicted molar refractivity (Wildman–Crippen MR) is 110 cm³/mol. The van der Waals surface area contributed by atoms with Crippen LogP contribution in [0.5, 0.6) is 11.5 Å². The minimum Gasteiger partial charge on any atom is -0.457 e. The maximum absolute atomic E-state index is 5.98. The van der Waals surface area contributed by atoms with Gasteiger partial charge in [-0.2, -0.15) is 5.10 Å². The summed E-state index contributed by atoms with van der Waals surface area (Å²) in [5.74, 6) is 1.62. The first kappa shape index (κ1) is 18.3. The van der Waals surface area contributed by atoms with E-state index < -0.39 is 0 Å². The van der Waals surface area contributed by atoms with Crippen molar-refractivity contribution in [1.29, 1.82) is 0 Å². The number of nitrogens with one attached hydrogen (secondary N) is 1. The zero-order chi connectivity index (χ0) is 18.5. The highest BCUT2D eigenvalue weighted by Gasteiger charge is 2.00. The molecular formula is C21H18Cl2N2O. The number of benzene rings is 3.